The molecule has 23 heavy (non-hydrogen) atoms. The van der Waals surface area contributed by atoms with Crippen molar-refractivity contribution in [3.63, 3.8) is 0 Å². The van der Waals surface area contributed by atoms with Crippen molar-refractivity contribution in [2.45, 2.75) is 19.6 Å². The highest BCUT2D eigenvalue weighted by Crippen LogP contribution is 2.11. The molecule has 122 valence electrons. The Labute approximate surface area is 133 Å². The van der Waals surface area contributed by atoms with E-state index in [0.717, 1.165) is 18.5 Å². The first-order valence-corrected chi connectivity index (χ1v) is 7.68. The van der Waals surface area contributed by atoms with Crippen molar-refractivity contribution in [3.05, 3.63) is 40.3 Å². The van der Waals surface area contributed by atoms with E-state index >= 15 is 0 Å². The van der Waals surface area contributed by atoms with Gasteiger partial charge >= 0.3 is 0 Å². The lowest BCUT2D eigenvalue weighted by Crippen LogP contribution is -2.43. The molecule has 0 aromatic carbocycles. The summed E-state index contributed by atoms with van der Waals surface area (Å²) in [4.78, 5) is 30.6. The Hall–Kier alpha value is -2.25. The molecule has 7 heteroatoms. The van der Waals surface area contributed by atoms with Crippen LogP contribution in [0.1, 0.15) is 17.3 Å². The molecule has 0 unspecified atom stereocenters. The SMILES string of the molecule is C[C@@H]1CN(CCn2c(=O)c(C(N)=O)cc3cccnc32)CCO1. The molecule has 1 saturated heterocycles. The van der Waals surface area contributed by atoms with E-state index in [1.165, 1.54) is 10.6 Å². The minimum absolute atomic E-state index is 0.000783. The van der Waals surface area contributed by atoms with Crippen molar-refractivity contribution in [2.24, 2.45) is 5.73 Å². The lowest BCUT2D eigenvalue weighted by molar-refractivity contribution is -0.0191. The molecular weight excluding hydrogens is 296 g/mol. The lowest BCUT2D eigenvalue weighted by atomic mass is 10.2. The largest absolute Gasteiger partial charge is 0.376 e. The highest BCUT2D eigenvalue weighted by molar-refractivity contribution is 5.95. The van der Waals surface area contributed by atoms with Crippen LogP contribution in [-0.4, -0.2) is 52.7 Å². The molecule has 0 saturated carbocycles. The molecule has 3 rings (SSSR count). The van der Waals surface area contributed by atoms with Gasteiger partial charge in [0.05, 0.1) is 12.7 Å². The average Bonchev–Trinajstić information content (AvgIpc) is 2.53. The van der Waals surface area contributed by atoms with Crippen LogP contribution in [0.15, 0.2) is 29.2 Å². The molecular formula is C16H20N4O3. The summed E-state index contributed by atoms with van der Waals surface area (Å²) < 4.78 is 7.06. The van der Waals surface area contributed by atoms with Crippen LogP contribution in [0.25, 0.3) is 11.0 Å². The smallest absolute Gasteiger partial charge is 0.265 e. The lowest BCUT2D eigenvalue weighted by Gasteiger charge is -2.31. The highest BCUT2D eigenvalue weighted by Gasteiger charge is 2.18. The van der Waals surface area contributed by atoms with Crippen molar-refractivity contribution in [2.75, 3.05) is 26.2 Å². The molecule has 0 bridgehead atoms. The second kappa shape index (κ2) is 6.47. The zero-order chi connectivity index (χ0) is 16.4. The number of rotatable bonds is 4. The first-order chi connectivity index (χ1) is 11.1. The zero-order valence-corrected chi connectivity index (χ0v) is 13.1. The second-order valence-electron chi connectivity index (χ2n) is 5.78. The van der Waals surface area contributed by atoms with Crippen LogP contribution in [0.3, 0.4) is 0 Å². The Morgan fingerprint density at radius 1 is 1.48 bits per heavy atom. The average molecular weight is 316 g/mol. The van der Waals surface area contributed by atoms with E-state index in [4.69, 9.17) is 10.5 Å². The quantitative estimate of drug-likeness (QED) is 0.871. The number of nitrogens with two attached hydrogens (primary N) is 1. The van der Waals surface area contributed by atoms with Gasteiger partial charge in [0.1, 0.15) is 11.2 Å². The van der Waals surface area contributed by atoms with Gasteiger partial charge in [-0.25, -0.2) is 4.98 Å². The maximum atomic E-state index is 12.5. The van der Waals surface area contributed by atoms with E-state index in [1.807, 2.05) is 13.0 Å². The molecule has 2 aromatic rings. The summed E-state index contributed by atoms with van der Waals surface area (Å²) in [6.07, 6.45) is 1.83. The molecule has 7 nitrogen and oxygen atoms in total. The van der Waals surface area contributed by atoms with Crippen molar-refractivity contribution >= 4 is 16.9 Å². The van der Waals surface area contributed by atoms with Gasteiger partial charge in [-0.3, -0.25) is 19.1 Å². The second-order valence-corrected chi connectivity index (χ2v) is 5.78. The van der Waals surface area contributed by atoms with E-state index in [2.05, 4.69) is 9.88 Å². The molecule has 2 aromatic heterocycles. The Kier molecular flexibility index (Phi) is 4.40. The minimum Gasteiger partial charge on any atom is -0.376 e. The molecule has 0 aliphatic carbocycles. The number of amides is 1. The number of nitrogens with zero attached hydrogens (tertiary/aromatic N) is 3. The Bertz CT molecular complexity index is 786. The number of fused-ring (bicyclic) bond motifs is 1. The summed E-state index contributed by atoms with van der Waals surface area (Å²) in [5, 5.41) is 0.733. The summed E-state index contributed by atoms with van der Waals surface area (Å²) in [5.41, 5.74) is 5.52. The Morgan fingerprint density at radius 2 is 2.30 bits per heavy atom. The standard InChI is InChI=1S/C16H20N4O3/c1-11-10-19(7-8-23-11)5-6-20-15-12(3-2-4-18-15)9-13(14(17)21)16(20)22/h2-4,9,11H,5-8,10H2,1H3,(H2,17,21)/t11-/m1/s1. The molecule has 1 fully saturated rings. The van der Waals surface area contributed by atoms with Gasteiger partial charge in [-0.05, 0) is 25.1 Å². The van der Waals surface area contributed by atoms with Gasteiger partial charge in [-0.15, -0.1) is 0 Å². The Balaban J connectivity index is 1.93. The minimum atomic E-state index is -0.713. The van der Waals surface area contributed by atoms with Gasteiger partial charge in [0.2, 0.25) is 0 Å². The van der Waals surface area contributed by atoms with E-state index in [0.29, 0.717) is 25.3 Å². The maximum Gasteiger partial charge on any atom is 0.265 e. The molecule has 1 aliphatic heterocycles. The van der Waals surface area contributed by atoms with Gasteiger partial charge in [0.25, 0.3) is 11.5 Å². The van der Waals surface area contributed by atoms with Gasteiger partial charge in [0.15, 0.2) is 0 Å². The van der Waals surface area contributed by atoms with Crippen LogP contribution in [0.5, 0.6) is 0 Å². The van der Waals surface area contributed by atoms with Crippen molar-refractivity contribution in [1.29, 1.82) is 0 Å². The summed E-state index contributed by atoms with van der Waals surface area (Å²) >= 11 is 0. The summed E-state index contributed by atoms with van der Waals surface area (Å²) in [6, 6.07) is 5.10. The number of carbonyl (C=O) groups excluding carboxylic acids is 1. The monoisotopic (exact) mass is 316 g/mol. The number of hydrogen-bond acceptors (Lipinski definition) is 5. The van der Waals surface area contributed by atoms with Crippen LogP contribution in [-0.2, 0) is 11.3 Å². The van der Waals surface area contributed by atoms with Crippen molar-refractivity contribution in [3.8, 4) is 0 Å². The van der Waals surface area contributed by atoms with E-state index in [9.17, 15) is 9.59 Å². The highest BCUT2D eigenvalue weighted by atomic mass is 16.5. The van der Waals surface area contributed by atoms with Gasteiger partial charge in [-0.2, -0.15) is 0 Å². The summed E-state index contributed by atoms with van der Waals surface area (Å²) in [5.74, 6) is -0.713. The van der Waals surface area contributed by atoms with E-state index < -0.39 is 5.91 Å². The number of hydrogen-bond donors (Lipinski definition) is 1. The van der Waals surface area contributed by atoms with Gasteiger partial charge in [0, 0.05) is 37.8 Å². The van der Waals surface area contributed by atoms with Crippen molar-refractivity contribution < 1.29 is 9.53 Å². The first-order valence-electron chi connectivity index (χ1n) is 7.68. The molecule has 0 spiro atoms. The molecule has 2 N–H and O–H groups in total. The van der Waals surface area contributed by atoms with E-state index in [1.54, 1.807) is 12.3 Å². The summed E-state index contributed by atoms with van der Waals surface area (Å²) in [6.45, 7) is 5.54. The van der Waals surface area contributed by atoms with E-state index in [-0.39, 0.29) is 17.2 Å². The molecule has 3 heterocycles. The third-order valence-electron chi connectivity index (χ3n) is 4.08. The third kappa shape index (κ3) is 3.25. The Morgan fingerprint density at radius 3 is 3.04 bits per heavy atom. The predicted octanol–water partition coefficient (Wildman–Crippen LogP) is 0.216. The molecule has 1 amide bonds. The van der Waals surface area contributed by atoms with Crippen LogP contribution >= 0.6 is 0 Å². The summed E-state index contributed by atoms with van der Waals surface area (Å²) in [7, 11) is 0. The van der Waals surface area contributed by atoms with Crippen LogP contribution in [0.2, 0.25) is 0 Å². The topological polar surface area (TPSA) is 90.5 Å². The number of morpholine rings is 1. The number of ether oxygens (including phenoxy) is 1. The van der Waals surface area contributed by atoms with Gasteiger partial charge in [-0.1, -0.05) is 0 Å². The molecule has 0 radical (unpaired) electrons. The fraction of sp³-hybridized carbons (Fsp3) is 0.438. The van der Waals surface area contributed by atoms with Crippen LogP contribution < -0.4 is 11.3 Å². The molecule has 1 atom stereocenters. The normalized spacial score (nSPS) is 19.1. The first kappa shape index (κ1) is 15.6. The fourth-order valence-electron chi connectivity index (χ4n) is 2.93. The van der Waals surface area contributed by atoms with Crippen LogP contribution in [0, 0.1) is 0 Å². The molecule has 1 aliphatic rings. The number of primary amides is 1. The fourth-order valence-corrected chi connectivity index (χ4v) is 2.93. The van der Waals surface area contributed by atoms with Crippen molar-refractivity contribution in [1.82, 2.24) is 14.5 Å². The maximum absolute atomic E-state index is 12.5. The zero-order valence-electron chi connectivity index (χ0n) is 13.1. The number of aromatic nitrogens is 2. The van der Waals surface area contributed by atoms with Gasteiger partial charge < -0.3 is 10.5 Å². The number of pyridine rings is 2. The predicted molar refractivity (Wildman–Crippen MR) is 86.4 cm³/mol. The third-order valence-corrected chi connectivity index (χ3v) is 4.08. The van der Waals surface area contributed by atoms with Crippen LogP contribution in [0.4, 0.5) is 0 Å². The number of carbonyl (C=O) groups is 1.